The maximum absolute atomic E-state index is 6.48. The molecule has 51 heavy (non-hydrogen) atoms. The fraction of sp³-hybridized carbons (Fsp3) is 0.0217. The van der Waals surface area contributed by atoms with Crippen molar-refractivity contribution in [1.29, 1.82) is 0 Å². The number of aromatic nitrogens is 3. The van der Waals surface area contributed by atoms with Crippen LogP contribution in [0.2, 0.25) is 0 Å². The zero-order chi connectivity index (χ0) is 33.6. The van der Waals surface area contributed by atoms with Crippen LogP contribution in [0.5, 0.6) is 0 Å². The van der Waals surface area contributed by atoms with Crippen molar-refractivity contribution < 1.29 is 4.42 Å². The first-order valence-electron chi connectivity index (χ1n) is 17.1. The maximum atomic E-state index is 6.48. The van der Waals surface area contributed by atoms with E-state index < -0.39 is 0 Å². The zero-order valence-electron chi connectivity index (χ0n) is 27.5. The van der Waals surface area contributed by atoms with Gasteiger partial charge in [-0.05, 0) is 75.1 Å². The van der Waals surface area contributed by atoms with Gasteiger partial charge in [0.15, 0.2) is 5.82 Å². The Labute approximate surface area is 296 Å². The summed E-state index contributed by atoms with van der Waals surface area (Å²) in [5.41, 5.74) is 8.51. The van der Waals surface area contributed by atoms with Gasteiger partial charge in [0.25, 0.3) is 0 Å². The van der Waals surface area contributed by atoms with Crippen LogP contribution in [0.3, 0.4) is 0 Å². The van der Waals surface area contributed by atoms with Crippen molar-refractivity contribution in [2.45, 2.75) is 6.92 Å². The summed E-state index contributed by atoms with van der Waals surface area (Å²) in [7, 11) is 0. The predicted octanol–water partition coefficient (Wildman–Crippen LogP) is 12.9. The van der Waals surface area contributed by atoms with Gasteiger partial charge in [-0.15, -0.1) is 11.3 Å². The van der Waals surface area contributed by atoms with Crippen LogP contribution in [-0.2, 0) is 0 Å². The number of benzene rings is 7. The number of pyridine rings is 1. The molecule has 238 valence electrons. The van der Waals surface area contributed by atoms with Crippen molar-refractivity contribution in [2.24, 2.45) is 0 Å². The van der Waals surface area contributed by atoms with Crippen molar-refractivity contribution in [2.75, 3.05) is 0 Å². The van der Waals surface area contributed by atoms with E-state index in [1.807, 2.05) is 18.3 Å². The summed E-state index contributed by atoms with van der Waals surface area (Å²) in [5.74, 6) is 0.595. The van der Waals surface area contributed by atoms with E-state index in [-0.39, 0.29) is 0 Å². The van der Waals surface area contributed by atoms with E-state index in [0.717, 1.165) is 65.6 Å². The molecular formula is C46H27N3OS. The monoisotopic (exact) mass is 669 g/mol. The molecule has 0 saturated carbocycles. The summed E-state index contributed by atoms with van der Waals surface area (Å²) in [4.78, 5) is 15.4. The van der Waals surface area contributed by atoms with Gasteiger partial charge in [-0.25, -0.2) is 15.0 Å². The van der Waals surface area contributed by atoms with Crippen LogP contribution in [0.4, 0.5) is 0 Å². The molecular weight excluding hydrogens is 643 g/mol. The van der Waals surface area contributed by atoms with Crippen LogP contribution >= 0.6 is 11.3 Å². The van der Waals surface area contributed by atoms with Crippen LogP contribution in [0.15, 0.2) is 150 Å². The molecule has 0 fully saturated rings. The van der Waals surface area contributed by atoms with E-state index in [1.54, 1.807) is 11.3 Å². The van der Waals surface area contributed by atoms with Crippen LogP contribution in [0.1, 0.15) is 5.56 Å². The minimum absolute atomic E-state index is 0.595. The molecule has 0 atom stereocenters. The second kappa shape index (κ2) is 10.8. The van der Waals surface area contributed by atoms with Crippen LogP contribution < -0.4 is 0 Å². The molecule has 4 nitrogen and oxygen atoms in total. The number of rotatable bonds is 3. The number of hydrogen-bond donors (Lipinski definition) is 0. The number of para-hydroxylation sites is 2. The smallest absolute Gasteiger partial charge is 0.178 e. The summed E-state index contributed by atoms with van der Waals surface area (Å²) < 4.78 is 8.73. The van der Waals surface area contributed by atoms with Crippen molar-refractivity contribution in [3.63, 3.8) is 0 Å². The molecule has 0 N–H and O–H groups in total. The SMILES string of the molecule is Cc1ccc(-c2cc(-c3cccc4c3oc3ccccc34)cc(-c3ncc4sc5cc6c7ccccc7c7ccccc7c6cc5c4n3)n2)cc1. The maximum Gasteiger partial charge on any atom is 0.178 e. The molecule has 4 heterocycles. The highest BCUT2D eigenvalue weighted by Gasteiger charge is 2.18. The minimum Gasteiger partial charge on any atom is -0.455 e. The number of thiophene rings is 1. The van der Waals surface area contributed by atoms with E-state index in [0.29, 0.717) is 5.82 Å². The Kier molecular flexibility index (Phi) is 6.01. The van der Waals surface area contributed by atoms with Crippen LogP contribution in [0.25, 0.3) is 108 Å². The first-order valence-corrected chi connectivity index (χ1v) is 17.9. The summed E-state index contributed by atoms with van der Waals surface area (Å²) in [6, 6.07) is 49.4. The summed E-state index contributed by atoms with van der Waals surface area (Å²) in [6.45, 7) is 2.10. The Bertz CT molecular complexity index is 3210. The van der Waals surface area contributed by atoms with Gasteiger partial charge in [-0.3, -0.25) is 0 Å². The number of furan rings is 1. The molecule has 0 unspecified atom stereocenters. The Morgan fingerprint density at radius 2 is 1.14 bits per heavy atom. The summed E-state index contributed by atoms with van der Waals surface area (Å²) >= 11 is 1.74. The third-order valence-corrected chi connectivity index (χ3v) is 11.3. The third-order valence-electron chi connectivity index (χ3n) is 10.2. The first-order chi connectivity index (χ1) is 25.2. The molecule has 0 aliphatic heterocycles. The topological polar surface area (TPSA) is 51.8 Å². The van der Waals surface area contributed by atoms with Gasteiger partial charge >= 0.3 is 0 Å². The Balaban J connectivity index is 1.15. The molecule has 0 aliphatic rings. The Morgan fingerprint density at radius 3 is 1.90 bits per heavy atom. The number of hydrogen-bond acceptors (Lipinski definition) is 5. The summed E-state index contributed by atoms with van der Waals surface area (Å²) in [6.07, 6.45) is 1.96. The van der Waals surface area contributed by atoms with Gasteiger partial charge in [-0.1, -0.05) is 115 Å². The molecule has 11 rings (SSSR count). The zero-order valence-corrected chi connectivity index (χ0v) is 28.3. The average Bonchev–Trinajstić information content (AvgIpc) is 3.75. The van der Waals surface area contributed by atoms with E-state index in [2.05, 4.69) is 134 Å². The molecule has 7 aromatic carbocycles. The highest BCUT2D eigenvalue weighted by Crippen LogP contribution is 2.42. The Morgan fingerprint density at radius 1 is 0.490 bits per heavy atom. The van der Waals surface area contributed by atoms with Crippen molar-refractivity contribution in [1.82, 2.24) is 15.0 Å². The lowest BCUT2D eigenvalue weighted by Gasteiger charge is -2.11. The molecule has 0 radical (unpaired) electrons. The largest absolute Gasteiger partial charge is 0.455 e. The molecule has 4 aromatic heterocycles. The van der Waals surface area contributed by atoms with Crippen LogP contribution in [0, 0.1) is 6.92 Å². The number of nitrogens with zero attached hydrogens (tertiary/aromatic N) is 3. The van der Waals surface area contributed by atoms with E-state index in [4.69, 9.17) is 19.4 Å². The van der Waals surface area contributed by atoms with E-state index in [9.17, 15) is 0 Å². The molecule has 0 saturated heterocycles. The normalized spacial score (nSPS) is 12.0. The lowest BCUT2D eigenvalue weighted by atomic mass is 9.94. The van der Waals surface area contributed by atoms with Gasteiger partial charge in [0.2, 0.25) is 0 Å². The first kappa shape index (κ1) is 28.4. The lowest BCUT2D eigenvalue weighted by Crippen LogP contribution is -1.95. The highest BCUT2D eigenvalue weighted by molar-refractivity contribution is 7.25. The molecule has 0 spiro atoms. The van der Waals surface area contributed by atoms with Crippen molar-refractivity contribution >= 4 is 85.9 Å². The molecule has 0 bridgehead atoms. The number of fused-ring (bicyclic) bond motifs is 12. The molecule has 0 amide bonds. The quantitative estimate of drug-likeness (QED) is 0.176. The summed E-state index contributed by atoms with van der Waals surface area (Å²) in [5, 5.41) is 10.9. The second-order valence-electron chi connectivity index (χ2n) is 13.3. The fourth-order valence-corrected chi connectivity index (χ4v) is 8.77. The van der Waals surface area contributed by atoms with Gasteiger partial charge in [-0.2, -0.15) is 0 Å². The molecule has 5 heteroatoms. The van der Waals surface area contributed by atoms with Crippen LogP contribution in [-0.4, -0.2) is 15.0 Å². The van der Waals surface area contributed by atoms with Crippen molar-refractivity contribution in [3.8, 4) is 33.9 Å². The second-order valence-corrected chi connectivity index (χ2v) is 14.4. The average molecular weight is 670 g/mol. The van der Waals surface area contributed by atoms with Crippen molar-refractivity contribution in [3.05, 3.63) is 151 Å². The van der Waals surface area contributed by atoms with E-state index in [1.165, 1.54) is 42.6 Å². The van der Waals surface area contributed by atoms with Gasteiger partial charge in [0, 0.05) is 38.2 Å². The predicted molar refractivity (Wildman–Crippen MR) is 214 cm³/mol. The van der Waals surface area contributed by atoms with Gasteiger partial charge < -0.3 is 4.42 Å². The standard InChI is InChI=1S/C46H27N3OS/c1-26-17-19-27(20-18-26)39-21-28(29-14-8-15-35-34-13-6-7-16-41(34)50-45(29)35)22-40(48-39)46-47-25-43-44(49-46)38-23-36-32-11-4-2-9-30(32)31-10-3-5-12-33(31)37(36)24-42(38)51-43/h2-25H,1H3. The third kappa shape index (κ3) is 4.35. The lowest BCUT2D eigenvalue weighted by molar-refractivity contribution is 0.670. The Hall–Kier alpha value is -6.43. The highest BCUT2D eigenvalue weighted by atomic mass is 32.1. The fourth-order valence-electron chi connectivity index (χ4n) is 7.73. The number of aryl methyl sites for hydroxylation is 1. The van der Waals surface area contributed by atoms with Gasteiger partial charge in [0.05, 0.1) is 15.9 Å². The minimum atomic E-state index is 0.595. The molecule has 11 aromatic rings. The van der Waals surface area contributed by atoms with Gasteiger partial charge in [0.1, 0.15) is 16.9 Å². The van der Waals surface area contributed by atoms with E-state index >= 15 is 0 Å². The molecule has 0 aliphatic carbocycles.